The Morgan fingerprint density at radius 1 is 1.59 bits per heavy atom. The zero-order valence-corrected chi connectivity index (χ0v) is 11.6. The van der Waals surface area contributed by atoms with Gasteiger partial charge in [-0.15, -0.1) is 11.3 Å². The lowest BCUT2D eigenvalue weighted by atomic mass is 10.2. The molecule has 1 unspecified atom stereocenters. The summed E-state index contributed by atoms with van der Waals surface area (Å²) < 4.78 is 0. The van der Waals surface area contributed by atoms with Crippen molar-refractivity contribution in [1.82, 2.24) is 15.6 Å². The molecule has 1 amide bonds. The second kappa shape index (κ2) is 7.40. The SMILES string of the molecule is CCC(C)NCC(=O)NCCc1nc(C)cs1. The topological polar surface area (TPSA) is 54.0 Å². The van der Waals surface area contributed by atoms with E-state index in [1.54, 1.807) is 11.3 Å². The Morgan fingerprint density at radius 3 is 2.94 bits per heavy atom. The molecule has 1 aromatic heterocycles. The van der Waals surface area contributed by atoms with Crippen molar-refractivity contribution in [1.29, 1.82) is 0 Å². The highest BCUT2D eigenvalue weighted by atomic mass is 32.1. The summed E-state index contributed by atoms with van der Waals surface area (Å²) in [5.41, 5.74) is 1.05. The largest absolute Gasteiger partial charge is 0.355 e. The summed E-state index contributed by atoms with van der Waals surface area (Å²) in [6.07, 6.45) is 1.85. The molecule has 1 aromatic rings. The molecular formula is C12H21N3OS. The summed E-state index contributed by atoms with van der Waals surface area (Å²) in [5.74, 6) is 0.0542. The number of thiazole rings is 1. The number of nitrogens with one attached hydrogen (secondary N) is 2. The average Bonchev–Trinajstić information content (AvgIpc) is 2.72. The van der Waals surface area contributed by atoms with Gasteiger partial charge in [-0.2, -0.15) is 0 Å². The zero-order valence-electron chi connectivity index (χ0n) is 10.7. The third-order valence-corrected chi connectivity index (χ3v) is 3.58. The molecule has 2 N–H and O–H groups in total. The van der Waals surface area contributed by atoms with E-state index in [0.717, 1.165) is 23.5 Å². The summed E-state index contributed by atoms with van der Waals surface area (Å²) >= 11 is 1.65. The number of amides is 1. The number of hydrogen-bond acceptors (Lipinski definition) is 4. The summed E-state index contributed by atoms with van der Waals surface area (Å²) in [5, 5.41) is 9.16. The van der Waals surface area contributed by atoms with Gasteiger partial charge < -0.3 is 10.6 Å². The van der Waals surface area contributed by atoms with Crippen LogP contribution in [0.4, 0.5) is 0 Å². The van der Waals surface area contributed by atoms with Crippen LogP contribution in [0.2, 0.25) is 0 Å². The van der Waals surface area contributed by atoms with Gasteiger partial charge in [0.05, 0.1) is 11.6 Å². The molecule has 0 aliphatic heterocycles. The minimum absolute atomic E-state index is 0.0542. The maximum Gasteiger partial charge on any atom is 0.233 e. The fourth-order valence-corrected chi connectivity index (χ4v) is 2.08. The van der Waals surface area contributed by atoms with Crippen LogP contribution < -0.4 is 10.6 Å². The van der Waals surface area contributed by atoms with Gasteiger partial charge in [-0.05, 0) is 20.3 Å². The molecule has 4 nitrogen and oxygen atoms in total. The quantitative estimate of drug-likeness (QED) is 0.776. The van der Waals surface area contributed by atoms with Crippen LogP contribution in [0.25, 0.3) is 0 Å². The van der Waals surface area contributed by atoms with E-state index in [4.69, 9.17) is 0 Å². The molecule has 0 saturated carbocycles. The maximum atomic E-state index is 11.5. The molecule has 0 aliphatic rings. The Hall–Kier alpha value is -0.940. The first-order chi connectivity index (χ1) is 8.11. The van der Waals surface area contributed by atoms with E-state index < -0.39 is 0 Å². The predicted octanol–water partition coefficient (Wildman–Crippen LogP) is 1.50. The lowest BCUT2D eigenvalue weighted by molar-refractivity contribution is -0.120. The van der Waals surface area contributed by atoms with Gasteiger partial charge in [0, 0.05) is 30.1 Å². The van der Waals surface area contributed by atoms with E-state index >= 15 is 0 Å². The number of hydrogen-bond donors (Lipinski definition) is 2. The van der Waals surface area contributed by atoms with E-state index in [1.807, 2.05) is 12.3 Å². The van der Waals surface area contributed by atoms with Gasteiger partial charge >= 0.3 is 0 Å². The van der Waals surface area contributed by atoms with Gasteiger partial charge in [0.25, 0.3) is 0 Å². The fourth-order valence-electron chi connectivity index (χ4n) is 1.30. The molecule has 96 valence electrons. The number of nitrogens with zero attached hydrogens (tertiary/aromatic N) is 1. The van der Waals surface area contributed by atoms with Crippen molar-refractivity contribution in [3.05, 3.63) is 16.1 Å². The first-order valence-corrected chi connectivity index (χ1v) is 6.91. The molecular weight excluding hydrogens is 234 g/mol. The Kier molecular flexibility index (Phi) is 6.15. The third-order valence-electron chi connectivity index (χ3n) is 2.55. The van der Waals surface area contributed by atoms with Crippen molar-refractivity contribution >= 4 is 17.2 Å². The van der Waals surface area contributed by atoms with Crippen LogP contribution in [0, 0.1) is 6.92 Å². The van der Waals surface area contributed by atoms with Crippen LogP contribution in [0.15, 0.2) is 5.38 Å². The molecule has 1 atom stereocenters. The number of rotatable bonds is 7. The van der Waals surface area contributed by atoms with Crippen molar-refractivity contribution < 1.29 is 4.79 Å². The predicted molar refractivity (Wildman–Crippen MR) is 71.3 cm³/mol. The standard InChI is InChI=1S/C12H21N3OS/c1-4-9(2)14-7-11(16)13-6-5-12-15-10(3)8-17-12/h8-9,14H,4-7H2,1-3H3,(H,13,16). The Morgan fingerprint density at radius 2 is 2.35 bits per heavy atom. The van der Waals surface area contributed by atoms with Crippen molar-refractivity contribution in [3.63, 3.8) is 0 Å². The highest BCUT2D eigenvalue weighted by Crippen LogP contribution is 2.08. The second-order valence-corrected chi connectivity index (χ2v) is 5.12. The van der Waals surface area contributed by atoms with Crippen molar-refractivity contribution in [3.8, 4) is 0 Å². The molecule has 0 aliphatic carbocycles. The fraction of sp³-hybridized carbons (Fsp3) is 0.667. The highest BCUT2D eigenvalue weighted by Gasteiger charge is 2.04. The molecule has 0 spiro atoms. The van der Waals surface area contributed by atoms with E-state index in [0.29, 0.717) is 19.1 Å². The lowest BCUT2D eigenvalue weighted by Crippen LogP contribution is -2.38. The Labute approximate surface area is 107 Å². The van der Waals surface area contributed by atoms with Crippen molar-refractivity contribution in [2.45, 2.75) is 39.7 Å². The van der Waals surface area contributed by atoms with Gasteiger partial charge in [0.15, 0.2) is 0 Å². The van der Waals surface area contributed by atoms with Crippen LogP contribution in [0.1, 0.15) is 31.0 Å². The van der Waals surface area contributed by atoms with Gasteiger partial charge in [-0.25, -0.2) is 4.98 Å². The first kappa shape index (κ1) is 14.1. The van der Waals surface area contributed by atoms with Gasteiger partial charge in [-0.1, -0.05) is 6.92 Å². The van der Waals surface area contributed by atoms with Crippen LogP contribution in [0.5, 0.6) is 0 Å². The molecule has 1 rings (SSSR count). The average molecular weight is 255 g/mol. The highest BCUT2D eigenvalue weighted by molar-refractivity contribution is 7.09. The summed E-state index contributed by atoms with van der Waals surface area (Å²) in [4.78, 5) is 15.8. The van der Waals surface area contributed by atoms with E-state index in [1.165, 1.54) is 0 Å². The summed E-state index contributed by atoms with van der Waals surface area (Å²) in [6, 6.07) is 0.391. The monoisotopic (exact) mass is 255 g/mol. The maximum absolute atomic E-state index is 11.5. The lowest BCUT2D eigenvalue weighted by Gasteiger charge is -2.10. The minimum Gasteiger partial charge on any atom is -0.355 e. The second-order valence-electron chi connectivity index (χ2n) is 4.17. The number of carbonyl (C=O) groups excluding carboxylic acids is 1. The van der Waals surface area contributed by atoms with Crippen LogP contribution in [-0.2, 0) is 11.2 Å². The smallest absolute Gasteiger partial charge is 0.233 e. The molecule has 5 heteroatoms. The van der Waals surface area contributed by atoms with Crippen molar-refractivity contribution in [2.24, 2.45) is 0 Å². The Balaban J connectivity index is 2.12. The summed E-state index contributed by atoms with van der Waals surface area (Å²) in [7, 11) is 0. The third kappa shape index (κ3) is 5.79. The van der Waals surface area contributed by atoms with E-state index in [9.17, 15) is 4.79 Å². The van der Waals surface area contributed by atoms with Crippen LogP contribution in [-0.4, -0.2) is 30.0 Å². The molecule has 0 fully saturated rings. The first-order valence-electron chi connectivity index (χ1n) is 6.03. The molecule has 17 heavy (non-hydrogen) atoms. The van der Waals surface area contributed by atoms with Crippen LogP contribution >= 0.6 is 11.3 Å². The molecule has 0 aromatic carbocycles. The molecule has 1 heterocycles. The van der Waals surface area contributed by atoms with Gasteiger partial charge in [0.1, 0.15) is 0 Å². The van der Waals surface area contributed by atoms with Gasteiger partial charge in [0.2, 0.25) is 5.91 Å². The number of aromatic nitrogens is 1. The Bertz CT molecular complexity index is 351. The van der Waals surface area contributed by atoms with Crippen molar-refractivity contribution in [2.75, 3.05) is 13.1 Å². The molecule has 0 saturated heterocycles. The molecule has 0 bridgehead atoms. The zero-order chi connectivity index (χ0) is 12.7. The molecule has 0 radical (unpaired) electrons. The number of aryl methyl sites for hydroxylation is 1. The minimum atomic E-state index is 0.0542. The van der Waals surface area contributed by atoms with Crippen LogP contribution in [0.3, 0.4) is 0 Å². The van der Waals surface area contributed by atoms with E-state index in [-0.39, 0.29) is 5.91 Å². The summed E-state index contributed by atoms with van der Waals surface area (Å²) in [6.45, 7) is 7.21. The number of carbonyl (C=O) groups is 1. The van der Waals surface area contributed by atoms with Gasteiger partial charge in [-0.3, -0.25) is 4.79 Å². The van der Waals surface area contributed by atoms with E-state index in [2.05, 4.69) is 29.5 Å². The normalized spacial score (nSPS) is 12.4.